The molecular weight excluding hydrogens is 282 g/mol. The molecule has 0 aliphatic heterocycles. The molecule has 4 heteroatoms. The minimum absolute atomic E-state index is 0.284. The Morgan fingerprint density at radius 2 is 2.24 bits per heavy atom. The highest BCUT2D eigenvalue weighted by Crippen LogP contribution is 2.16. The number of ether oxygens (including phenoxy) is 1. The van der Waals surface area contributed by atoms with Crippen LogP contribution in [0.4, 0.5) is 0 Å². The van der Waals surface area contributed by atoms with E-state index in [0.29, 0.717) is 13.1 Å². The number of hydrogen-bond acceptors (Lipinski definition) is 3. The number of para-hydroxylation sites is 1. The molecule has 0 bridgehead atoms. The van der Waals surface area contributed by atoms with Gasteiger partial charge in [-0.05, 0) is 18.6 Å². The molecular formula is C13H18BrNO2. The Morgan fingerprint density at radius 1 is 1.53 bits per heavy atom. The van der Waals surface area contributed by atoms with Crippen LogP contribution in [-0.2, 0) is 0 Å². The zero-order valence-electron chi connectivity index (χ0n) is 9.95. The fourth-order valence-electron chi connectivity index (χ4n) is 1.34. The van der Waals surface area contributed by atoms with Crippen LogP contribution >= 0.6 is 15.9 Å². The van der Waals surface area contributed by atoms with Crippen molar-refractivity contribution in [1.82, 2.24) is 5.32 Å². The molecule has 1 atom stereocenters. The summed E-state index contributed by atoms with van der Waals surface area (Å²) in [6, 6.07) is 7.76. The highest BCUT2D eigenvalue weighted by Gasteiger charge is 2.05. The monoisotopic (exact) mass is 299 g/mol. The first-order chi connectivity index (χ1) is 8.09. The zero-order chi connectivity index (χ0) is 12.7. The quantitative estimate of drug-likeness (QED) is 0.811. The van der Waals surface area contributed by atoms with Gasteiger partial charge in [0.05, 0.1) is 0 Å². The van der Waals surface area contributed by atoms with Crippen molar-refractivity contribution in [3.8, 4) is 5.75 Å². The van der Waals surface area contributed by atoms with Crippen LogP contribution in [0.25, 0.3) is 0 Å². The maximum absolute atomic E-state index is 9.68. The molecule has 1 aromatic rings. The second kappa shape index (κ2) is 7.48. The van der Waals surface area contributed by atoms with Gasteiger partial charge in [-0.2, -0.15) is 0 Å². The number of benzene rings is 1. The van der Waals surface area contributed by atoms with Gasteiger partial charge in [0.15, 0.2) is 0 Å². The smallest absolute Gasteiger partial charge is 0.122 e. The minimum Gasteiger partial charge on any atom is -0.491 e. The maximum Gasteiger partial charge on any atom is 0.122 e. The van der Waals surface area contributed by atoms with E-state index in [9.17, 15) is 5.11 Å². The lowest BCUT2D eigenvalue weighted by Gasteiger charge is -2.14. The fraction of sp³-hybridized carbons (Fsp3) is 0.385. The van der Waals surface area contributed by atoms with Crippen LogP contribution in [0.1, 0.15) is 5.56 Å². The summed E-state index contributed by atoms with van der Waals surface area (Å²) in [6.07, 6.45) is -0.526. The van der Waals surface area contributed by atoms with Gasteiger partial charge in [-0.15, -0.1) is 0 Å². The van der Waals surface area contributed by atoms with Gasteiger partial charge < -0.3 is 15.2 Å². The summed E-state index contributed by atoms with van der Waals surface area (Å²) in [5.41, 5.74) is 1.07. The van der Waals surface area contributed by atoms with Crippen LogP contribution in [0.3, 0.4) is 0 Å². The third-order valence-corrected chi connectivity index (χ3v) is 2.50. The lowest BCUT2D eigenvalue weighted by atomic mass is 10.2. The lowest BCUT2D eigenvalue weighted by molar-refractivity contribution is 0.107. The van der Waals surface area contributed by atoms with Crippen LogP contribution in [0.15, 0.2) is 35.3 Å². The predicted octanol–water partition coefficient (Wildman–Crippen LogP) is 2.23. The van der Waals surface area contributed by atoms with Crippen LogP contribution in [-0.4, -0.2) is 30.9 Å². The first-order valence-electron chi connectivity index (χ1n) is 5.50. The number of aliphatic hydroxyl groups excluding tert-OH is 1. The minimum atomic E-state index is -0.526. The van der Waals surface area contributed by atoms with Crippen LogP contribution in [0.5, 0.6) is 5.75 Å². The van der Waals surface area contributed by atoms with Gasteiger partial charge in [-0.3, -0.25) is 0 Å². The lowest BCUT2D eigenvalue weighted by Crippen LogP contribution is -2.32. The van der Waals surface area contributed by atoms with Crippen molar-refractivity contribution >= 4 is 15.9 Å². The van der Waals surface area contributed by atoms with Gasteiger partial charge in [0.25, 0.3) is 0 Å². The third kappa shape index (κ3) is 5.86. The van der Waals surface area contributed by atoms with E-state index < -0.39 is 6.10 Å². The molecule has 0 fully saturated rings. The first-order valence-corrected chi connectivity index (χ1v) is 6.29. The van der Waals surface area contributed by atoms with E-state index in [4.69, 9.17) is 4.74 Å². The summed E-state index contributed by atoms with van der Waals surface area (Å²) < 4.78 is 6.40. The highest BCUT2D eigenvalue weighted by atomic mass is 79.9. The molecule has 0 aliphatic rings. The number of hydrogen-bond donors (Lipinski definition) is 2. The standard InChI is InChI=1S/C13H18BrNO2/c1-10-5-3-4-6-13(10)17-9-12(16)8-15-7-11(2)14/h3-6,12,15-16H,2,7-9H2,1H3. The van der Waals surface area contributed by atoms with Crippen molar-refractivity contribution in [2.75, 3.05) is 19.7 Å². The summed E-state index contributed by atoms with van der Waals surface area (Å²) in [5.74, 6) is 0.816. The molecule has 0 saturated heterocycles. The number of halogens is 1. The van der Waals surface area contributed by atoms with Gasteiger partial charge in [-0.25, -0.2) is 0 Å². The summed E-state index contributed by atoms with van der Waals surface area (Å²) in [6.45, 7) is 7.09. The maximum atomic E-state index is 9.68. The third-order valence-electron chi connectivity index (χ3n) is 2.22. The van der Waals surface area contributed by atoms with E-state index in [1.807, 2.05) is 31.2 Å². The van der Waals surface area contributed by atoms with Crippen molar-refractivity contribution in [2.45, 2.75) is 13.0 Å². The van der Waals surface area contributed by atoms with Gasteiger partial charge in [0.1, 0.15) is 18.5 Å². The van der Waals surface area contributed by atoms with E-state index in [-0.39, 0.29) is 6.61 Å². The normalized spacial score (nSPS) is 12.2. The van der Waals surface area contributed by atoms with Crippen molar-refractivity contribution in [3.05, 3.63) is 40.9 Å². The molecule has 0 amide bonds. The number of rotatable bonds is 7. The molecule has 1 aromatic carbocycles. The zero-order valence-corrected chi connectivity index (χ0v) is 11.5. The molecule has 17 heavy (non-hydrogen) atoms. The van der Waals surface area contributed by atoms with Crippen molar-refractivity contribution in [1.29, 1.82) is 0 Å². The molecule has 0 radical (unpaired) electrons. The fourth-order valence-corrected chi connectivity index (χ4v) is 1.54. The molecule has 0 aromatic heterocycles. The van der Waals surface area contributed by atoms with Crippen molar-refractivity contribution in [2.24, 2.45) is 0 Å². The Hall–Kier alpha value is -0.840. The summed E-state index contributed by atoms with van der Waals surface area (Å²) >= 11 is 3.24. The Morgan fingerprint density at radius 3 is 2.88 bits per heavy atom. The molecule has 3 nitrogen and oxygen atoms in total. The Kier molecular flexibility index (Phi) is 6.26. The van der Waals surface area contributed by atoms with Crippen LogP contribution in [0.2, 0.25) is 0 Å². The number of aryl methyl sites for hydroxylation is 1. The SMILES string of the molecule is C=C(Br)CNCC(O)COc1ccccc1C. The summed E-state index contributed by atoms with van der Waals surface area (Å²) in [4.78, 5) is 0. The summed E-state index contributed by atoms with van der Waals surface area (Å²) in [7, 11) is 0. The molecule has 0 saturated carbocycles. The molecule has 0 heterocycles. The largest absolute Gasteiger partial charge is 0.491 e. The Labute approximate surface area is 111 Å². The van der Waals surface area contributed by atoms with Gasteiger partial charge in [0, 0.05) is 17.6 Å². The number of nitrogens with one attached hydrogen (secondary N) is 1. The topological polar surface area (TPSA) is 41.5 Å². The van der Waals surface area contributed by atoms with Gasteiger partial charge >= 0.3 is 0 Å². The Balaban J connectivity index is 2.26. The average molecular weight is 300 g/mol. The van der Waals surface area contributed by atoms with Crippen LogP contribution in [0, 0.1) is 6.92 Å². The molecule has 1 rings (SSSR count). The first kappa shape index (κ1) is 14.2. The van der Waals surface area contributed by atoms with Crippen molar-refractivity contribution < 1.29 is 9.84 Å². The average Bonchev–Trinajstić information content (AvgIpc) is 2.27. The van der Waals surface area contributed by atoms with E-state index in [0.717, 1.165) is 15.8 Å². The second-order valence-corrected chi connectivity index (χ2v) is 5.00. The van der Waals surface area contributed by atoms with Crippen molar-refractivity contribution in [3.63, 3.8) is 0 Å². The van der Waals surface area contributed by atoms with E-state index in [1.54, 1.807) is 0 Å². The van der Waals surface area contributed by atoms with E-state index in [2.05, 4.69) is 27.8 Å². The molecule has 2 N–H and O–H groups in total. The van der Waals surface area contributed by atoms with E-state index in [1.165, 1.54) is 0 Å². The van der Waals surface area contributed by atoms with E-state index >= 15 is 0 Å². The highest BCUT2D eigenvalue weighted by molar-refractivity contribution is 9.11. The van der Waals surface area contributed by atoms with Crippen LogP contribution < -0.4 is 10.1 Å². The second-order valence-electron chi connectivity index (χ2n) is 3.88. The predicted molar refractivity (Wildman–Crippen MR) is 73.6 cm³/mol. The molecule has 1 unspecified atom stereocenters. The molecule has 0 aliphatic carbocycles. The number of aliphatic hydroxyl groups is 1. The van der Waals surface area contributed by atoms with Gasteiger partial charge in [0.2, 0.25) is 0 Å². The Bertz CT molecular complexity index is 368. The summed E-state index contributed by atoms with van der Waals surface area (Å²) in [5, 5.41) is 12.7. The molecule has 0 spiro atoms. The molecule has 94 valence electrons. The van der Waals surface area contributed by atoms with Gasteiger partial charge in [-0.1, -0.05) is 40.7 Å².